The van der Waals surface area contributed by atoms with Gasteiger partial charge in [-0.1, -0.05) is 78.9 Å². The first-order valence-electron chi connectivity index (χ1n) is 24.6. The number of aromatic nitrogens is 1. The lowest BCUT2D eigenvalue weighted by Gasteiger charge is -2.26. The molecule has 3 nitrogen and oxygen atoms in total. The molecule has 0 aliphatic heterocycles. The molecule has 0 saturated heterocycles. The van der Waals surface area contributed by atoms with Gasteiger partial charge in [0.1, 0.15) is 16.5 Å². The van der Waals surface area contributed by atoms with Gasteiger partial charge in [0.25, 0.3) is 0 Å². The molecular formula is C66H37F2N3S3. The van der Waals surface area contributed by atoms with E-state index in [1.165, 1.54) is 106 Å². The molecule has 0 amide bonds. The van der Waals surface area contributed by atoms with Crippen LogP contribution in [0.5, 0.6) is 0 Å². The molecule has 8 heteroatoms. The summed E-state index contributed by atoms with van der Waals surface area (Å²) in [7, 11) is 0. The molecule has 11 aromatic carbocycles. The van der Waals surface area contributed by atoms with Crippen molar-refractivity contribution in [3.63, 3.8) is 0 Å². The highest BCUT2D eigenvalue weighted by Crippen LogP contribution is 2.50. The van der Waals surface area contributed by atoms with Gasteiger partial charge in [-0.25, -0.2) is 8.78 Å². The van der Waals surface area contributed by atoms with E-state index in [1.807, 2.05) is 35.6 Å². The van der Waals surface area contributed by atoms with Gasteiger partial charge in [-0.15, -0.1) is 34.0 Å². The maximum absolute atomic E-state index is 14.6. The molecule has 16 rings (SSSR count). The van der Waals surface area contributed by atoms with Gasteiger partial charge in [-0.05, 0) is 167 Å². The fourth-order valence-corrected chi connectivity index (χ4v) is 15.1. The number of hydrogen-bond acceptors (Lipinski definition) is 5. The molecule has 16 aromatic rings. The van der Waals surface area contributed by atoms with Gasteiger partial charge in [-0.2, -0.15) is 0 Å². The van der Waals surface area contributed by atoms with Gasteiger partial charge in [0, 0.05) is 106 Å². The van der Waals surface area contributed by atoms with Crippen LogP contribution in [0.3, 0.4) is 0 Å². The zero-order valence-electron chi connectivity index (χ0n) is 39.2. The topological polar surface area (TPSA) is 10.9 Å². The van der Waals surface area contributed by atoms with Crippen LogP contribution >= 0.6 is 34.0 Å². The average molecular weight is 1010 g/mol. The number of benzene rings is 11. The molecule has 0 fully saturated rings. The third-order valence-corrected chi connectivity index (χ3v) is 18.4. The molecule has 0 bridgehead atoms. The summed E-state index contributed by atoms with van der Waals surface area (Å²) in [6.07, 6.45) is 0. The van der Waals surface area contributed by atoms with E-state index in [1.54, 1.807) is 34.8 Å². The van der Waals surface area contributed by atoms with Gasteiger partial charge in [0.15, 0.2) is 0 Å². The summed E-state index contributed by atoms with van der Waals surface area (Å²) < 4.78 is 37.8. The van der Waals surface area contributed by atoms with Crippen molar-refractivity contribution in [3.8, 4) is 11.1 Å². The van der Waals surface area contributed by atoms with Gasteiger partial charge in [-0.3, -0.25) is 4.40 Å². The van der Waals surface area contributed by atoms with Crippen molar-refractivity contribution < 1.29 is 8.78 Å². The van der Waals surface area contributed by atoms with Crippen LogP contribution in [-0.2, 0) is 0 Å². The normalized spacial score (nSPS) is 12.2. The molecule has 5 heterocycles. The first-order chi connectivity index (χ1) is 36.5. The SMILES string of the molecule is Fc1ccc(N(c2ccc3cc4c5cc(-c6ccccc6)cc6c7c8ccc(N(c9ccc(F)cc9)c9ccc%10sc%11ccccc%11c%10c9)cc8sc7n(c4cc3c2)c56)c2ccc3sc4ccccc4c3c2)cc1. The van der Waals surface area contributed by atoms with Crippen LogP contribution in [0.1, 0.15) is 0 Å². The quantitative estimate of drug-likeness (QED) is 0.158. The first kappa shape index (κ1) is 41.9. The Morgan fingerprint density at radius 3 is 1.49 bits per heavy atom. The van der Waals surface area contributed by atoms with Crippen molar-refractivity contribution in [3.05, 3.63) is 236 Å². The summed E-state index contributed by atoms with van der Waals surface area (Å²) in [6, 6.07) is 77.8. The molecule has 0 aliphatic rings. The molecule has 74 heavy (non-hydrogen) atoms. The fourth-order valence-electron chi connectivity index (χ4n) is 11.6. The number of rotatable bonds is 7. The monoisotopic (exact) mass is 1010 g/mol. The van der Waals surface area contributed by atoms with E-state index in [-0.39, 0.29) is 11.6 Å². The Morgan fingerprint density at radius 2 is 0.838 bits per heavy atom. The molecule has 0 saturated carbocycles. The van der Waals surface area contributed by atoms with Crippen LogP contribution in [0.2, 0.25) is 0 Å². The second-order valence-corrected chi connectivity index (χ2v) is 22.4. The largest absolute Gasteiger partial charge is 0.310 e. The number of halogens is 2. The van der Waals surface area contributed by atoms with Crippen LogP contribution in [0, 0.1) is 11.6 Å². The lowest BCUT2D eigenvalue weighted by atomic mass is 9.98. The molecule has 5 aromatic heterocycles. The highest BCUT2D eigenvalue weighted by atomic mass is 32.1. The minimum atomic E-state index is -0.270. The lowest BCUT2D eigenvalue weighted by molar-refractivity contribution is 0.627. The minimum absolute atomic E-state index is 0.268. The van der Waals surface area contributed by atoms with Gasteiger partial charge < -0.3 is 9.80 Å². The van der Waals surface area contributed by atoms with E-state index < -0.39 is 0 Å². The second kappa shape index (κ2) is 15.9. The van der Waals surface area contributed by atoms with Crippen LogP contribution < -0.4 is 9.80 Å². The predicted molar refractivity (Wildman–Crippen MR) is 314 cm³/mol. The smallest absolute Gasteiger partial charge is 0.123 e. The fraction of sp³-hybridized carbons (Fsp3) is 0. The zero-order chi connectivity index (χ0) is 48.8. The highest BCUT2D eigenvalue weighted by molar-refractivity contribution is 7.26. The summed E-state index contributed by atoms with van der Waals surface area (Å²) >= 11 is 5.42. The molecular weight excluding hydrogens is 969 g/mol. The Hall–Kier alpha value is -8.66. The Morgan fingerprint density at radius 1 is 0.311 bits per heavy atom. The number of thiophene rings is 3. The van der Waals surface area contributed by atoms with Crippen molar-refractivity contribution in [1.82, 2.24) is 4.40 Å². The van der Waals surface area contributed by atoms with Crippen LogP contribution in [0.25, 0.3) is 110 Å². The third kappa shape index (κ3) is 6.32. The zero-order valence-corrected chi connectivity index (χ0v) is 41.6. The summed E-state index contributed by atoms with van der Waals surface area (Å²) in [6.45, 7) is 0. The van der Waals surface area contributed by atoms with Crippen molar-refractivity contribution >= 4 is 167 Å². The Balaban J connectivity index is 0.912. The number of hydrogen-bond donors (Lipinski definition) is 0. The number of nitrogens with zero attached hydrogens (tertiary/aromatic N) is 3. The summed E-state index contributed by atoms with van der Waals surface area (Å²) in [5.41, 5.74) is 10.5. The third-order valence-electron chi connectivity index (χ3n) is 15.0. The van der Waals surface area contributed by atoms with E-state index in [0.717, 1.165) is 50.4 Å². The number of anilines is 6. The molecule has 0 radical (unpaired) electrons. The van der Waals surface area contributed by atoms with Crippen LogP contribution in [0.4, 0.5) is 42.9 Å². The second-order valence-electron chi connectivity index (χ2n) is 19.2. The van der Waals surface area contributed by atoms with E-state index in [2.05, 4.69) is 190 Å². The summed E-state index contributed by atoms with van der Waals surface area (Å²) in [5, 5.41) is 13.2. The summed E-state index contributed by atoms with van der Waals surface area (Å²) in [5.74, 6) is -0.537. The van der Waals surface area contributed by atoms with Gasteiger partial charge >= 0.3 is 0 Å². The molecule has 348 valence electrons. The van der Waals surface area contributed by atoms with Crippen molar-refractivity contribution in [2.45, 2.75) is 0 Å². The van der Waals surface area contributed by atoms with Crippen molar-refractivity contribution in [1.29, 1.82) is 0 Å². The highest BCUT2D eigenvalue weighted by Gasteiger charge is 2.25. The number of fused-ring (bicyclic) bond motifs is 15. The molecule has 0 N–H and O–H groups in total. The molecule has 0 aliphatic carbocycles. The van der Waals surface area contributed by atoms with E-state index in [9.17, 15) is 8.78 Å². The Labute approximate surface area is 434 Å². The maximum atomic E-state index is 14.6. The van der Waals surface area contributed by atoms with Gasteiger partial charge in [0.05, 0.1) is 11.0 Å². The Kier molecular flexibility index (Phi) is 9.01. The lowest BCUT2D eigenvalue weighted by Crippen LogP contribution is -2.09. The first-order valence-corrected chi connectivity index (χ1v) is 27.0. The molecule has 0 unspecified atom stereocenters. The van der Waals surface area contributed by atoms with Crippen LogP contribution in [-0.4, -0.2) is 4.40 Å². The standard InChI is InChI=1S/C66H37F2N3S3/c67-42-15-20-44(21-16-42)69(47-25-28-61-54(35-47)50-10-4-6-12-59(50)72-61)46-19-14-39-31-53-56-32-41(38-8-2-1-3-9-38)33-57-64-52-27-24-49(37-63(52)74-66(64)71(65(56)57)58(53)34-40(39)30-46)70(45-22-17-43(68)18-23-45)48-26-29-62-55(36-48)51-11-5-7-13-60(51)73-62/h1-37H. The van der Waals surface area contributed by atoms with Crippen LogP contribution in [0.15, 0.2) is 224 Å². The van der Waals surface area contributed by atoms with E-state index in [4.69, 9.17) is 0 Å². The minimum Gasteiger partial charge on any atom is -0.310 e. The summed E-state index contributed by atoms with van der Waals surface area (Å²) in [4.78, 5) is 5.68. The van der Waals surface area contributed by atoms with Crippen molar-refractivity contribution in [2.75, 3.05) is 9.80 Å². The van der Waals surface area contributed by atoms with Crippen molar-refractivity contribution in [2.24, 2.45) is 0 Å². The van der Waals surface area contributed by atoms with Gasteiger partial charge in [0.2, 0.25) is 0 Å². The van der Waals surface area contributed by atoms with E-state index in [0.29, 0.717) is 0 Å². The molecule has 0 atom stereocenters. The Bertz CT molecular complexity index is 4930. The predicted octanol–water partition coefficient (Wildman–Crippen LogP) is 20.8. The average Bonchev–Trinajstić information content (AvgIpc) is 4.27. The molecule has 0 spiro atoms. The maximum Gasteiger partial charge on any atom is 0.123 e. The van der Waals surface area contributed by atoms with E-state index >= 15 is 0 Å².